The van der Waals surface area contributed by atoms with E-state index < -0.39 is 6.09 Å². The summed E-state index contributed by atoms with van der Waals surface area (Å²) in [5.41, 5.74) is 3.08. The summed E-state index contributed by atoms with van der Waals surface area (Å²) in [5, 5.41) is 10.5. The molecule has 0 spiro atoms. The fraction of sp³-hybridized carbons (Fsp3) is 0.250. The van der Waals surface area contributed by atoms with Crippen molar-refractivity contribution >= 4 is 11.8 Å². The van der Waals surface area contributed by atoms with Gasteiger partial charge in [0.2, 0.25) is 0 Å². The minimum absolute atomic E-state index is 0.0907. The molecule has 1 aromatic carbocycles. The van der Waals surface area contributed by atoms with Crippen LogP contribution in [-0.4, -0.2) is 23.8 Å². The summed E-state index contributed by atoms with van der Waals surface area (Å²) in [6.45, 7) is 9.83. The summed E-state index contributed by atoms with van der Waals surface area (Å²) < 4.78 is 5.21. The van der Waals surface area contributed by atoms with Crippen LogP contribution in [0.4, 0.5) is 10.5 Å². The molecule has 2 rings (SSSR count). The van der Waals surface area contributed by atoms with Crippen molar-refractivity contribution in [3.8, 4) is 0 Å². The van der Waals surface area contributed by atoms with Gasteiger partial charge in [-0.1, -0.05) is 36.9 Å². The maximum atomic E-state index is 12.2. The monoisotopic (exact) mass is 325 g/mol. The van der Waals surface area contributed by atoms with E-state index in [1.54, 1.807) is 17.1 Å². The lowest BCUT2D eigenvalue weighted by atomic mass is 10.0. The first-order valence-corrected chi connectivity index (χ1v) is 7.90. The number of cyclic esters (lactones) is 1. The van der Waals surface area contributed by atoms with Crippen molar-refractivity contribution in [2.24, 2.45) is 0 Å². The first-order valence-electron chi connectivity index (χ1n) is 7.90. The molecule has 0 saturated carbocycles. The van der Waals surface area contributed by atoms with Gasteiger partial charge in [0.05, 0.1) is 0 Å². The third-order valence-corrected chi connectivity index (χ3v) is 4.12. The smallest absolute Gasteiger partial charge is 0.415 e. The second kappa shape index (κ2) is 7.68. The van der Waals surface area contributed by atoms with Crippen LogP contribution in [-0.2, 0) is 4.74 Å². The van der Waals surface area contributed by atoms with E-state index in [1.165, 1.54) is 0 Å². The maximum Gasteiger partial charge on any atom is 0.415 e. The summed E-state index contributed by atoms with van der Waals surface area (Å²) in [5.74, 6) is 0.0907. The zero-order valence-electron chi connectivity index (χ0n) is 14.3. The molecule has 0 aromatic heterocycles. The topological polar surface area (TPSA) is 49.8 Å². The number of aliphatic hydroxyl groups excluding tert-OH is 1. The number of hydrogen-bond donors (Lipinski definition) is 1. The van der Waals surface area contributed by atoms with Crippen LogP contribution in [0.2, 0.25) is 0 Å². The van der Waals surface area contributed by atoms with Gasteiger partial charge in [-0.25, -0.2) is 4.79 Å². The number of carbonyl (C=O) groups excluding carboxylic acids is 1. The molecular formula is C20H23NO3. The van der Waals surface area contributed by atoms with Crippen molar-refractivity contribution < 1.29 is 14.6 Å². The van der Waals surface area contributed by atoms with Gasteiger partial charge in [0.25, 0.3) is 0 Å². The van der Waals surface area contributed by atoms with E-state index in [-0.39, 0.29) is 18.4 Å². The number of carbonyl (C=O) groups is 1. The Balaban J connectivity index is 2.34. The quantitative estimate of drug-likeness (QED) is 0.617. The van der Waals surface area contributed by atoms with Gasteiger partial charge in [0, 0.05) is 11.3 Å². The second-order valence-corrected chi connectivity index (χ2v) is 5.57. The standard InChI is InChI=1S/C20H23NO3/c1-5-14(3)15(4)12-19(22)17(6-2)18-13-24-20(23)21(18)16-10-8-7-9-11-16/h5-12,18,22H,4,13H2,1-3H3/b14-5+,17-6-,19-12+. The van der Waals surface area contributed by atoms with Crippen LogP contribution in [0.5, 0.6) is 0 Å². The molecule has 0 bridgehead atoms. The fourth-order valence-corrected chi connectivity index (χ4v) is 2.58. The first kappa shape index (κ1) is 17.6. The number of allylic oxidation sites excluding steroid dienone is 5. The van der Waals surface area contributed by atoms with Gasteiger partial charge in [-0.2, -0.15) is 0 Å². The Morgan fingerprint density at radius 3 is 2.54 bits per heavy atom. The number of nitrogens with zero attached hydrogens (tertiary/aromatic N) is 1. The summed E-state index contributed by atoms with van der Waals surface area (Å²) in [6.07, 6.45) is 4.94. The predicted octanol–water partition coefficient (Wildman–Crippen LogP) is 4.92. The minimum Gasteiger partial charge on any atom is -0.508 e. The number of amides is 1. The van der Waals surface area contributed by atoms with Gasteiger partial charge in [-0.05, 0) is 50.1 Å². The second-order valence-electron chi connectivity index (χ2n) is 5.57. The van der Waals surface area contributed by atoms with Crippen LogP contribution in [0, 0.1) is 0 Å². The number of ether oxygens (including phenoxy) is 1. The third-order valence-electron chi connectivity index (χ3n) is 4.12. The average Bonchev–Trinajstić information content (AvgIpc) is 2.96. The van der Waals surface area contributed by atoms with Crippen LogP contribution < -0.4 is 4.90 Å². The van der Waals surface area contributed by atoms with E-state index in [0.717, 1.165) is 16.8 Å². The summed E-state index contributed by atoms with van der Waals surface area (Å²) in [7, 11) is 0. The summed E-state index contributed by atoms with van der Waals surface area (Å²) in [4.78, 5) is 13.7. The van der Waals surface area contributed by atoms with Crippen molar-refractivity contribution in [3.63, 3.8) is 0 Å². The van der Waals surface area contributed by atoms with Crippen molar-refractivity contribution in [2.45, 2.75) is 26.8 Å². The maximum absolute atomic E-state index is 12.2. The molecule has 1 aliphatic heterocycles. The van der Waals surface area contributed by atoms with Crippen molar-refractivity contribution in [2.75, 3.05) is 11.5 Å². The Labute approximate surface area is 143 Å². The Bertz CT molecular complexity index is 714. The zero-order valence-corrected chi connectivity index (χ0v) is 14.3. The van der Waals surface area contributed by atoms with Gasteiger partial charge < -0.3 is 9.84 Å². The van der Waals surface area contributed by atoms with E-state index in [9.17, 15) is 9.90 Å². The van der Waals surface area contributed by atoms with Gasteiger partial charge in [0.1, 0.15) is 18.4 Å². The van der Waals surface area contributed by atoms with Gasteiger partial charge in [-0.15, -0.1) is 0 Å². The summed E-state index contributed by atoms with van der Waals surface area (Å²) >= 11 is 0. The Kier molecular flexibility index (Phi) is 5.64. The Hall–Kier alpha value is -2.75. The van der Waals surface area contributed by atoms with Crippen molar-refractivity contribution in [3.05, 3.63) is 77.6 Å². The van der Waals surface area contributed by atoms with Crippen LogP contribution in [0.3, 0.4) is 0 Å². The third kappa shape index (κ3) is 3.59. The van der Waals surface area contributed by atoms with E-state index >= 15 is 0 Å². The summed E-state index contributed by atoms with van der Waals surface area (Å²) in [6, 6.07) is 8.92. The highest BCUT2D eigenvalue weighted by atomic mass is 16.6. The lowest BCUT2D eigenvalue weighted by molar-refractivity contribution is 0.179. The van der Waals surface area contributed by atoms with Gasteiger partial charge >= 0.3 is 6.09 Å². The molecule has 1 fully saturated rings. The number of rotatable bonds is 5. The highest BCUT2D eigenvalue weighted by Gasteiger charge is 2.37. The predicted molar refractivity (Wildman–Crippen MR) is 97.1 cm³/mol. The van der Waals surface area contributed by atoms with Gasteiger partial charge in [0.15, 0.2) is 0 Å². The SMILES string of the molecule is C=C(/C=C(O)\C(=C/C)C1COC(=O)N1c1ccccc1)/C(C)=C/C. The number of aliphatic hydroxyl groups is 1. The molecule has 0 radical (unpaired) electrons. The molecule has 1 N–H and O–H groups in total. The zero-order chi connectivity index (χ0) is 17.7. The average molecular weight is 325 g/mol. The number of hydrogen-bond acceptors (Lipinski definition) is 3. The molecule has 1 heterocycles. The van der Waals surface area contributed by atoms with Gasteiger partial charge in [-0.3, -0.25) is 4.90 Å². The molecule has 1 aromatic rings. The highest BCUT2D eigenvalue weighted by Crippen LogP contribution is 2.30. The molecule has 24 heavy (non-hydrogen) atoms. The normalized spacial score (nSPS) is 19.5. The molecule has 1 atom stereocenters. The van der Waals surface area contributed by atoms with Crippen LogP contribution in [0.1, 0.15) is 20.8 Å². The molecular weight excluding hydrogens is 302 g/mol. The molecule has 126 valence electrons. The highest BCUT2D eigenvalue weighted by molar-refractivity contribution is 5.91. The van der Waals surface area contributed by atoms with Crippen molar-refractivity contribution in [1.82, 2.24) is 0 Å². The molecule has 1 saturated heterocycles. The molecule has 1 unspecified atom stereocenters. The number of benzene rings is 1. The largest absolute Gasteiger partial charge is 0.508 e. The number of anilines is 1. The number of para-hydroxylation sites is 1. The van der Waals surface area contributed by atoms with E-state index in [4.69, 9.17) is 4.74 Å². The fourth-order valence-electron chi connectivity index (χ4n) is 2.58. The van der Waals surface area contributed by atoms with Crippen molar-refractivity contribution in [1.29, 1.82) is 0 Å². The molecule has 0 aliphatic carbocycles. The lowest BCUT2D eigenvalue weighted by Gasteiger charge is -2.23. The van der Waals surface area contributed by atoms with E-state index in [0.29, 0.717) is 5.57 Å². The van der Waals surface area contributed by atoms with Crippen LogP contribution in [0.25, 0.3) is 0 Å². The van der Waals surface area contributed by atoms with E-state index in [1.807, 2.05) is 57.2 Å². The molecule has 1 aliphatic rings. The van der Waals surface area contributed by atoms with Crippen LogP contribution in [0.15, 0.2) is 77.6 Å². The Morgan fingerprint density at radius 1 is 1.29 bits per heavy atom. The lowest BCUT2D eigenvalue weighted by Crippen LogP contribution is -2.35. The van der Waals surface area contributed by atoms with Crippen LogP contribution >= 0.6 is 0 Å². The Morgan fingerprint density at radius 2 is 1.96 bits per heavy atom. The molecule has 4 nitrogen and oxygen atoms in total. The minimum atomic E-state index is -0.415. The molecule has 4 heteroatoms. The molecule has 1 amide bonds. The van der Waals surface area contributed by atoms with E-state index in [2.05, 4.69) is 6.58 Å². The first-order chi connectivity index (χ1) is 11.5.